The van der Waals surface area contributed by atoms with Gasteiger partial charge in [-0.2, -0.15) is 9.40 Å². The molecule has 0 radical (unpaired) electrons. The molecule has 2 N–H and O–H groups in total. The summed E-state index contributed by atoms with van der Waals surface area (Å²) in [4.78, 5) is 0.121. The number of rotatable bonds is 8. The maximum atomic E-state index is 12.8. The third kappa shape index (κ3) is 3.52. The molecule has 1 unspecified atom stereocenters. The SMILES string of the molecule is CCCCN(C(C)CC)S(=O)(=O)c1cn(CC)nc1N. The van der Waals surface area contributed by atoms with E-state index in [1.54, 1.807) is 8.99 Å². The van der Waals surface area contributed by atoms with Crippen LogP contribution < -0.4 is 5.73 Å². The topological polar surface area (TPSA) is 81.2 Å². The Kier molecular flexibility index (Phi) is 6.01. The van der Waals surface area contributed by atoms with Crippen LogP contribution in [0.2, 0.25) is 0 Å². The van der Waals surface area contributed by atoms with Crippen LogP contribution in [0.4, 0.5) is 5.82 Å². The van der Waals surface area contributed by atoms with Crippen LogP contribution in [0, 0.1) is 0 Å². The normalized spacial score (nSPS) is 13.8. The van der Waals surface area contributed by atoms with Gasteiger partial charge < -0.3 is 5.73 Å². The molecule has 6 nitrogen and oxygen atoms in total. The van der Waals surface area contributed by atoms with Gasteiger partial charge in [-0.05, 0) is 26.7 Å². The summed E-state index contributed by atoms with van der Waals surface area (Å²) in [7, 11) is -3.58. The number of aryl methyl sites for hydroxylation is 1. The first-order valence-electron chi connectivity index (χ1n) is 7.23. The molecule has 0 aliphatic carbocycles. The van der Waals surface area contributed by atoms with Crippen LogP contribution in [-0.4, -0.2) is 35.1 Å². The molecule has 1 heterocycles. The van der Waals surface area contributed by atoms with Gasteiger partial charge in [0.05, 0.1) is 0 Å². The number of sulfonamides is 1. The van der Waals surface area contributed by atoms with E-state index in [2.05, 4.69) is 5.10 Å². The summed E-state index contributed by atoms with van der Waals surface area (Å²) in [5.74, 6) is 0.0802. The second-order valence-electron chi connectivity index (χ2n) is 4.96. The molecule has 1 rings (SSSR count). The number of hydrogen-bond donors (Lipinski definition) is 1. The molecule has 116 valence electrons. The zero-order valence-electron chi connectivity index (χ0n) is 12.8. The van der Waals surface area contributed by atoms with Crippen molar-refractivity contribution in [3.8, 4) is 0 Å². The van der Waals surface area contributed by atoms with Gasteiger partial charge in [-0.15, -0.1) is 0 Å². The summed E-state index contributed by atoms with van der Waals surface area (Å²) in [6.07, 6.45) is 4.08. The van der Waals surface area contributed by atoms with Crippen LogP contribution in [0.15, 0.2) is 11.1 Å². The summed E-state index contributed by atoms with van der Waals surface area (Å²) >= 11 is 0. The summed E-state index contributed by atoms with van der Waals surface area (Å²) in [5, 5.41) is 4.03. The lowest BCUT2D eigenvalue weighted by atomic mass is 10.2. The number of nitrogens with zero attached hydrogens (tertiary/aromatic N) is 3. The van der Waals surface area contributed by atoms with Crippen molar-refractivity contribution in [3.63, 3.8) is 0 Å². The maximum Gasteiger partial charge on any atom is 0.248 e. The maximum absolute atomic E-state index is 12.8. The highest BCUT2D eigenvalue weighted by Gasteiger charge is 2.31. The van der Waals surface area contributed by atoms with Crippen LogP contribution in [0.1, 0.15) is 47.0 Å². The van der Waals surface area contributed by atoms with Gasteiger partial charge in [-0.3, -0.25) is 4.68 Å². The number of nitrogen functional groups attached to an aromatic ring is 1. The lowest BCUT2D eigenvalue weighted by Gasteiger charge is -2.27. The van der Waals surface area contributed by atoms with E-state index < -0.39 is 10.0 Å². The van der Waals surface area contributed by atoms with Gasteiger partial charge in [0.25, 0.3) is 0 Å². The van der Waals surface area contributed by atoms with Gasteiger partial charge >= 0.3 is 0 Å². The highest BCUT2D eigenvalue weighted by atomic mass is 32.2. The second-order valence-corrected chi connectivity index (χ2v) is 6.82. The van der Waals surface area contributed by atoms with E-state index in [-0.39, 0.29) is 16.8 Å². The van der Waals surface area contributed by atoms with E-state index in [9.17, 15) is 8.42 Å². The number of unbranched alkanes of at least 4 members (excludes halogenated alkanes) is 1. The zero-order chi connectivity index (χ0) is 15.3. The molecule has 1 atom stereocenters. The van der Waals surface area contributed by atoms with Gasteiger partial charge in [0, 0.05) is 25.3 Å². The minimum Gasteiger partial charge on any atom is -0.381 e. The smallest absolute Gasteiger partial charge is 0.248 e. The fourth-order valence-corrected chi connectivity index (χ4v) is 3.81. The largest absolute Gasteiger partial charge is 0.381 e. The zero-order valence-corrected chi connectivity index (χ0v) is 13.7. The molecule has 0 aliphatic rings. The van der Waals surface area contributed by atoms with Gasteiger partial charge in [-0.1, -0.05) is 20.3 Å². The first-order chi connectivity index (χ1) is 9.38. The number of anilines is 1. The Bertz CT molecular complexity index is 524. The average Bonchev–Trinajstić information content (AvgIpc) is 2.80. The van der Waals surface area contributed by atoms with Crippen molar-refractivity contribution in [2.45, 2.75) is 64.4 Å². The average molecular weight is 302 g/mol. The minimum atomic E-state index is -3.58. The highest BCUT2D eigenvalue weighted by Crippen LogP contribution is 2.24. The first kappa shape index (κ1) is 17.0. The minimum absolute atomic E-state index is 0.0454. The Labute approximate surface area is 122 Å². The van der Waals surface area contributed by atoms with Crippen LogP contribution in [0.3, 0.4) is 0 Å². The molecule has 1 aromatic heterocycles. The van der Waals surface area contributed by atoms with E-state index in [1.165, 1.54) is 6.20 Å². The number of hydrogen-bond acceptors (Lipinski definition) is 4. The van der Waals surface area contributed by atoms with Crippen molar-refractivity contribution >= 4 is 15.8 Å². The van der Waals surface area contributed by atoms with Gasteiger partial charge in [0.1, 0.15) is 4.90 Å². The molecule has 0 bridgehead atoms. The van der Waals surface area contributed by atoms with Gasteiger partial charge in [0.15, 0.2) is 5.82 Å². The Morgan fingerprint density at radius 2 is 2.05 bits per heavy atom. The summed E-state index contributed by atoms with van der Waals surface area (Å²) in [5.41, 5.74) is 5.77. The summed E-state index contributed by atoms with van der Waals surface area (Å²) < 4.78 is 28.7. The fourth-order valence-electron chi connectivity index (χ4n) is 2.00. The molecule has 0 saturated heterocycles. The second kappa shape index (κ2) is 7.08. The third-order valence-electron chi connectivity index (χ3n) is 3.48. The molecule has 0 aliphatic heterocycles. The number of aromatic nitrogens is 2. The van der Waals surface area contributed by atoms with Crippen molar-refractivity contribution in [1.82, 2.24) is 14.1 Å². The standard InChI is InChI=1S/C13H26N4O2S/c1-5-8-9-17(11(4)6-2)20(18,19)12-10-16(7-3)15-13(12)14/h10-11H,5-9H2,1-4H3,(H2,14,15). The third-order valence-corrected chi connectivity index (χ3v) is 5.51. The lowest BCUT2D eigenvalue weighted by molar-refractivity contribution is 0.324. The highest BCUT2D eigenvalue weighted by molar-refractivity contribution is 7.89. The fraction of sp³-hybridized carbons (Fsp3) is 0.769. The van der Waals surface area contributed by atoms with Crippen molar-refractivity contribution in [2.75, 3.05) is 12.3 Å². The van der Waals surface area contributed by atoms with E-state index in [0.29, 0.717) is 13.1 Å². The van der Waals surface area contributed by atoms with E-state index in [4.69, 9.17) is 5.73 Å². The van der Waals surface area contributed by atoms with Crippen molar-refractivity contribution in [3.05, 3.63) is 6.20 Å². The molecule has 7 heteroatoms. The van der Waals surface area contributed by atoms with Crippen LogP contribution in [0.5, 0.6) is 0 Å². The van der Waals surface area contributed by atoms with Crippen LogP contribution in [0.25, 0.3) is 0 Å². The number of nitrogens with two attached hydrogens (primary N) is 1. The monoisotopic (exact) mass is 302 g/mol. The van der Waals surface area contributed by atoms with E-state index in [1.807, 2.05) is 27.7 Å². The Morgan fingerprint density at radius 3 is 2.50 bits per heavy atom. The van der Waals surface area contributed by atoms with Crippen LogP contribution in [-0.2, 0) is 16.6 Å². The van der Waals surface area contributed by atoms with Gasteiger partial charge in [0.2, 0.25) is 10.0 Å². The molecule has 0 aromatic carbocycles. The Hall–Kier alpha value is -1.08. The Morgan fingerprint density at radius 1 is 1.40 bits per heavy atom. The summed E-state index contributed by atoms with van der Waals surface area (Å²) in [6.45, 7) is 8.96. The Balaban J connectivity index is 3.17. The van der Waals surface area contributed by atoms with E-state index >= 15 is 0 Å². The van der Waals surface area contributed by atoms with Gasteiger partial charge in [-0.25, -0.2) is 8.42 Å². The predicted molar refractivity (Wildman–Crippen MR) is 80.9 cm³/mol. The molecular formula is C13H26N4O2S. The van der Waals surface area contributed by atoms with Crippen molar-refractivity contribution < 1.29 is 8.42 Å². The molecule has 0 saturated carbocycles. The quantitative estimate of drug-likeness (QED) is 0.797. The first-order valence-corrected chi connectivity index (χ1v) is 8.67. The molecule has 1 aromatic rings. The molecule has 0 amide bonds. The van der Waals surface area contributed by atoms with Crippen molar-refractivity contribution in [2.24, 2.45) is 0 Å². The molecular weight excluding hydrogens is 276 g/mol. The molecule has 0 spiro atoms. The van der Waals surface area contributed by atoms with Crippen molar-refractivity contribution in [1.29, 1.82) is 0 Å². The summed E-state index contributed by atoms with van der Waals surface area (Å²) in [6, 6.07) is -0.0454. The van der Waals surface area contributed by atoms with E-state index in [0.717, 1.165) is 19.3 Å². The van der Waals surface area contributed by atoms with Crippen LogP contribution >= 0.6 is 0 Å². The molecule has 20 heavy (non-hydrogen) atoms. The lowest BCUT2D eigenvalue weighted by Crippen LogP contribution is -2.39. The predicted octanol–water partition coefficient (Wildman–Crippen LogP) is 2.07. The molecule has 0 fully saturated rings.